The maximum Gasteiger partial charge on any atom is 0.321 e. The number of carbonyl (C=O) groups is 1. The Morgan fingerprint density at radius 2 is 2.10 bits per heavy atom. The summed E-state index contributed by atoms with van der Waals surface area (Å²) in [6.07, 6.45) is 1.44. The van der Waals surface area contributed by atoms with E-state index in [1.165, 1.54) is 0 Å². The van der Waals surface area contributed by atoms with E-state index in [1.54, 1.807) is 25.2 Å². The van der Waals surface area contributed by atoms with Gasteiger partial charge in [-0.15, -0.1) is 0 Å². The molecule has 7 heteroatoms. The topological polar surface area (TPSA) is 99.3 Å². The minimum Gasteiger partial charge on any atom is -0.480 e. The van der Waals surface area contributed by atoms with Crippen LogP contribution in [0.15, 0.2) is 23.1 Å². The monoisotopic (exact) mass is 310 g/mol. The summed E-state index contributed by atoms with van der Waals surface area (Å²) in [6.45, 7) is 1.85. The van der Waals surface area contributed by atoms with Crippen LogP contribution in [0.5, 0.6) is 0 Å². The van der Waals surface area contributed by atoms with Crippen molar-refractivity contribution in [3.8, 4) is 0 Å². The lowest BCUT2D eigenvalue weighted by atomic mass is 10.0. The van der Waals surface area contributed by atoms with E-state index < -0.39 is 21.8 Å². The van der Waals surface area contributed by atoms with Crippen molar-refractivity contribution in [1.29, 1.82) is 0 Å². The molecule has 0 bridgehead atoms. The Hall–Kier alpha value is -1.86. The third-order valence-electron chi connectivity index (χ3n) is 3.57. The lowest BCUT2D eigenvalue weighted by Crippen LogP contribution is -2.35. The number of fused-ring (bicyclic) bond motifs is 1. The number of aryl methyl sites for hydroxylation is 1. The fourth-order valence-corrected chi connectivity index (χ4v) is 3.02. The van der Waals surface area contributed by atoms with Gasteiger partial charge in [-0.25, -0.2) is 8.42 Å². The van der Waals surface area contributed by atoms with Crippen LogP contribution in [0.3, 0.4) is 0 Å². The van der Waals surface area contributed by atoms with E-state index in [4.69, 9.17) is 5.11 Å². The zero-order valence-electron chi connectivity index (χ0n) is 12.1. The molecule has 1 aromatic carbocycles. The number of aliphatic carboxylic acids is 1. The lowest BCUT2D eigenvalue weighted by Gasteiger charge is -2.11. The lowest BCUT2D eigenvalue weighted by molar-refractivity contribution is -0.139. The number of carboxylic acids is 1. The van der Waals surface area contributed by atoms with Crippen LogP contribution in [0, 0.1) is 6.92 Å². The Kier molecular flexibility index (Phi) is 4.06. The third-order valence-corrected chi connectivity index (χ3v) is 4.68. The molecule has 0 fully saturated rings. The van der Waals surface area contributed by atoms with Crippen LogP contribution in [-0.4, -0.2) is 43.8 Å². The summed E-state index contributed by atoms with van der Waals surface area (Å²) in [6, 6.07) is 4.13. The Labute approximate surface area is 123 Å². The summed E-state index contributed by atoms with van der Waals surface area (Å²) >= 11 is 0. The van der Waals surface area contributed by atoms with E-state index >= 15 is 0 Å². The number of carboxylic acid groups (broad SMARTS) is 1. The smallest absolute Gasteiger partial charge is 0.321 e. The molecular formula is C14H18N2O4S. The molecule has 1 aromatic heterocycles. The summed E-state index contributed by atoms with van der Waals surface area (Å²) in [7, 11) is -1.71. The molecule has 2 aromatic rings. The summed E-state index contributed by atoms with van der Waals surface area (Å²) in [5.74, 6) is -0.939. The zero-order valence-corrected chi connectivity index (χ0v) is 12.9. The predicted octanol–water partition coefficient (Wildman–Crippen LogP) is 1.09. The molecule has 21 heavy (non-hydrogen) atoms. The Balaban J connectivity index is 2.57. The molecule has 114 valence electrons. The first-order valence-corrected chi connectivity index (χ1v) is 8.34. The molecule has 3 N–H and O–H groups in total. The zero-order chi connectivity index (χ0) is 15.8. The molecule has 0 aliphatic rings. The van der Waals surface area contributed by atoms with Crippen molar-refractivity contribution in [3.05, 3.63) is 29.5 Å². The van der Waals surface area contributed by atoms with Gasteiger partial charge in [0.15, 0.2) is 9.84 Å². The standard InChI is InChI=1S/C14H18N2O4S/c1-8-10(7-13(15-2)14(17)18)11-6-9(21(3,19)20)4-5-12(11)16-8/h4-6,13,15-16H,7H2,1-3H3,(H,17,18). The molecule has 0 saturated heterocycles. The first kappa shape index (κ1) is 15.5. The Morgan fingerprint density at radius 1 is 1.43 bits per heavy atom. The van der Waals surface area contributed by atoms with E-state index in [2.05, 4.69) is 10.3 Å². The van der Waals surface area contributed by atoms with E-state index in [0.29, 0.717) is 0 Å². The number of nitrogens with one attached hydrogen (secondary N) is 2. The Bertz CT molecular complexity index is 793. The molecule has 0 aliphatic heterocycles. The van der Waals surface area contributed by atoms with Crippen LogP contribution in [0.4, 0.5) is 0 Å². The molecule has 0 saturated carbocycles. The number of likely N-dealkylation sites (N-methyl/N-ethyl adjacent to an activating group) is 1. The van der Waals surface area contributed by atoms with Crippen LogP contribution in [0.2, 0.25) is 0 Å². The second kappa shape index (κ2) is 5.50. The van der Waals surface area contributed by atoms with E-state index in [-0.39, 0.29) is 11.3 Å². The minimum absolute atomic E-state index is 0.228. The molecule has 0 spiro atoms. The van der Waals surface area contributed by atoms with Gasteiger partial charge in [0.1, 0.15) is 6.04 Å². The fourth-order valence-electron chi connectivity index (χ4n) is 2.37. The van der Waals surface area contributed by atoms with Crippen LogP contribution in [0.1, 0.15) is 11.3 Å². The average molecular weight is 310 g/mol. The first-order valence-electron chi connectivity index (χ1n) is 6.45. The van der Waals surface area contributed by atoms with Crippen molar-refractivity contribution in [1.82, 2.24) is 10.3 Å². The molecule has 1 unspecified atom stereocenters. The highest BCUT2D eigenvalue weighted by Crippen LogP contribution is 2.26. The van der Waals surface area contributed by atoms with Gasteiger partial charge in [0.25, 0.3) is 0 Å². The molecule has 1 heterocycles. The quantitative estimate of drug-likeness (QED) is 0.768. The number of hydrogen-bond donors (Lipinski definition) is 3. The Morgan fingerprint density at radius 3 is 2.62 bits per heavy atom. The molecule has 0 amide bonds. The van der Waals surface area contributed by atoms with Crippen molar-refractivity contribution >= 4 is 26.7 Å². The maximum absolute atomic E-state index is 11.7. The molecule has 0 aliphatic carbocycles. The number of aromatic nitrogens is 1. The highest BCUT2D eigenvalue weighted by atomic mass is 32.2. The van der Waals surface area contributed by atoms with Gasteiger partial charge < -0.3 is 15.4 Å². The number of H-pyrrole nitrogens is 1. The van der Waals surface area contributed by atoms with Crippen molar-refractivity contribution in [3.63, 3.8) is 0 Å². The molecule has 2 rings (SSSR count). The molecule has 6 nitrogen and oxygen atoms in total. The van der Waals surface area contributed by atoms with E-state index in [9.17, 15) is 13.2 Å². The van der Waals surface area contributed by atoms with Gasteiger partial charge in [0.05, 0.1) is 4.90 Å². The van der Waals surface area contributed by atoms with Gasteiger partial charge >= 0.3 is 5.97 Å². The van der Waals surface area contributed by atoms with Gasteiger partial charge in [-0.2, -0.15) is 0 Å². The van der Waals surface area contributed by atoms with Gasteiger partial charge in [0.2, 0.25) is 0 Å². The van der Waals surface area contributed by atoms with Crippen LogP contribution in [0.25, 0.3) is 10.9 Å². The van der Waals surface area contributed by atoms with Crippen LogP contribution >= 0.6 is 0 Å². The maximum atomic E-state index is 11.7. The number of benzene rings is 1. The molecule has 0 radical (unpaired) electrons. The van der Waals surface area contributed by atoms with Crippen LogP contribution < -0.4 is 5.32 Å². The van der Waals surface area contributed by atoms with E-state index in [1.807, 2.05) is 6.92 Å². The number of sulfone groups is 1. The summed E-state index contributed by atoms with van der Waals surface area (Å²) in [5.41, 5.74) is 2.46. The highest BCUT2D eigenvalue weighted by Gasteiger charge is 2.20. The van der Waals surface area contributed by atoms with Crippen LogP contribution in [-0.2, 0) is 21.1 Å². The van der Waals surface area contributed by atoms with Gasteiger partial charge in [-0.1, -0.05) is 0 Å². The summed E-state index contributed by atoms with van der Waals surface area (Å²) < 4.78 is 23.3. The predicted molar refractivity (Wildman–Crippen MR) is 80.3 cm³/mol. The number of aromatic amines is 1. The number of rotatable bonds is 5. The minimum atomic E-state index is -3.30. The normalized spacial score (nSPS) is 13.5. The average Bonchev–Trinajstić information content (AvgIpc) is 2.69. The third kappa shape index (κ3) is 3.08. The van der Waals surface area contributed by atoms with E-state index in [0.717, 1.165) is 28.4 Å². The molecule has 1 atom stereocenters. The second-order valence-electron chi connectivity index (χ2n) is 5.09. The van der Waals surface area contributed by atoms with Gasteiger partial charge in [-0.05, 0) is 37.7 Å². The highest BCUT2D eigenvalue weighted by molar-refractivity contribution is 7.90. The second-order valence-corrected chi connectivity index (χ2v) is 7.11. The van der Waals surface area contributed by atoms with Gasteiger partial charge in [0, 0.05) is 29.3 Å². The summed E-state index contributed by atoms with van der Waals surface area (Å²) in [5, 5.41) is 12.6. The summed E-state index contributed by atoms with van der Waals surface area (Å²) in [4.78, 5) is 14.5. The fraction of sp³-hybridized carbons (Fsp3) is 0.357. The van der Waals surface area contributed by atoms with Crippen molar-refractivity contribution in [2.45, 2.75) is 24.3 Å². The first-order chi connectivity index (χ1) is 9.74. The van der Waals surface area contributed by atoms with Crippen molar-refractivity contribution < 1.29 is 18.3 Å². The SMILES string of the molecule is CNC(Cc1c(C)[nH]c2ccc(S(C)(=O)=O)cc12)C(=O)O. The molecular weight excluding hydrogens is 292 g/mol. The largest absolute Gasteiger partial charge is 0.480 e. The number of hydrogen-bond acceptors (Lipinski definition) is 4. The van der Waals surface area contributed by atoms with Gasteiger partial charge in [-0.3, -0.25) is 4.79 Å². The van der Waals surface area contributed by atoms with Crippen molar-refractivity contribution in [2.24, 2.45) is 0 Å². The van der Waals surface area contributed by atoms with Crippen molar-refractivity contribution in [2.75, 3.05) is 13.3 Å².